The lowest BCUT2D eigenvalue weighted by molar-refractivity contribution is 0.0697. The third-order valence-corrected chi connectivity index (χ3v) is 3.02. The maximum Gasteiger partial charge on any atom is 0.335 e. The van der Waals surface area contributed by atoms with E-state index in [9.17, 15) is 18.0 Å². The van der Waals surface area contributed by atoms with Gasteiger partial charge in [0.1, 0.15) is 17.8 Å². The number of aromatic nitrogens is 2. The fourth-order valence-electron chi connectivity index (χ4n) is 2.08. The van der Waals surface area contributed by atoms with Crippen LogP contribution in [0.25, 0.3) is 16.7 Å². The number of aromatic carboxylic acids is 1. The average Bonchev–Trinajstić information content (AvgIpc) is 2.80. The second kappa shape index (κ2) is 4.62. The quantitative estimate of drug-likeness (QED) is 0.789. The Hall–Kier alpha value is -2.83. The lowest BCUT2D eigenvalue weighted by Gasteiger charge is -2.08. The Morgan fingerprint density at radius 2 is 1.76 bits per heavy atom. The van der Waals surface area contributed by atoms with Gasteiger partial charge in [-0.15, -0.1) is 0 Å². The molecular formula is C14H7F3N2O2. The van der Waals surface area contributed by atoms with Crippen LogP contribution in [0.15, 0.2) is 36.7 Å². The zero-order valence-corrected chi connectivity index (χ0v) is 10.3. The van der Waals surface area contributed by atoms with Crippen molar-refractivity contribution in [3.63, 3.8) is 0 Å². The first-order valence-electron chi connectivity index (χ1n) is 5.82. The molecule has 1 heterocycles. The topological polar surface area (TPSA) is 55.1 Å². The van der Waals surface area contributed by atoms with Crippen molar-refractivity contribution < 1.29 is 23.1 Å². The number of carboxylic acid groups (broad SMARTS) is 1. The number of hydrogen-bond acceptors (Lipinski definition) is 2. The molecule has 0 unspecified atom stereocenters. The largest absolute Gasteiger partial charge is 0.478 e. The summed E-state index contributed by atoms with van der Waals surface area (Å²) >= 11 is 0. The minimum atomic E-state index is -1.18. The Labute approximate surface area is 116 Å². The standard InChI is InChI=1S/C14H7F3N2O2/c15-8-4-9(16)13(10(17)5-8)19-6-18-11-2-1-7(14(20)21)3-12(11)19/h1-6H,(H,20,21). The van der Waals surface area contributed by atoms with Crippen molar-refractivity contribution in [1.29, 1.82) is 0 Å². The lowest BCUT2D eigenvalue weighted by atomic mass is 10.2. The van der Waals surface area contributed by atoms with Crippen LogP contribution in [0.3, 0.4) is 0 Å². The van der Waals surface area contributed by atoms with Crippen LogP contribution in [-0.2, 0) is 0 Å². The van der Waals surface area contributed by atoms with E-state index in [4.69, 9.17) is 5.11 Å². The van der Waals surface area contributed by atoms with E-state index in [1.807, 2.05) is 0 Å². The molecule has 2 aromatic carbocycles. The van der Waals surface area contributed by atoms with Gasteiger partial charge in [-0.3, -0.25) is 4.57 Å². The number of fused-ring (bicyclic) bond motifs is 1. The van der Waals surface area contributed by atoms with Gasteiger partial charge in [0, 0.05) is 12.1 Å². The normalized spacial score (nSPS) is 11.0. The Morgan fingerprint density at radius 3 is 2.38 bits per heavy atom. The van der Waals surface area contributed by atoms with E-state index in [0.717, 1.165) is 10.9 Å². The van der Waals surface area contributed by atoms with Gasteiger partial charge in [0.25, 0.3) is 0 Å². The molecule has 0 saturated carbocycles. The van der Waals surface area contributed by atoms with Gasteiger partial charge in [-0.2, -0.15) is 0 Å². The van der Waals surface area contributed by atoms with Crippen LogP contribution in [0.5, 0.6) is 0 Å². The minimum absolute atomic E-state index is 0.0489. The van der Waals surface area contributed by atoms with Gasteiger partial charge in [-0.1, -0.05) is 0 Å². The molecule has 0 aliphatic rings. The average molecular weight is 292 g/mol. The van der Waals surface area contributed by atoms with Crippen molar-refractivity contribution in [2.45, 2.75) is 0 Å². The summed E-state index contributed by atoms with van der Waals surface area (Å²) < 4.78 is 41.6. The van der Waals surface area contributed by atoms with Gasteiger partial charge < -0.3 is 5.11 Å². The SMILES string of the molecule is O=C(O)c1ccc2ncn(-c3c(F)cc(F)cc3F)c2c1. The van der Waals surface area contributed by atoms with E-state index in [1.165, 1.54) is 18.2 Å². The summed E-state index contributed by atoms with van der Waals surface area (Å²) in [4.78, 5) is 14.9. The highest BCUT2D eigenvalue weighted by atomic mass is 19.1. The van der Waals surface area contributed by atoms with E-state index < -0.39 is 29.1 Å². The summed E-state index contributed by atoms with van der Waals surface area (Å²) in [5, 5.41) is 8.96. The molecule has 1 aromatic heterocycles. The molecule has 0 aliphatic heterocycles. The number of rotatable bonds is 2. The number of carboxylic acids is 1. The summed E-state index contributed by atoms with van der Waals surface area (Å²) in [6.07, 6.45) is 1.15. The molecule has 1 N–H and O–H groups in total. The maximum atomic E-state index is 13.8. The van der Waals surface area contributed by atoms with Crippen LogP contribution < -0.4 is 0 Å². The van der Waals surface area contributed by atoms with Crippen LogP contribution in [0.4, 0.5) is 13.2 Å². The minimum Gasteiger partial charge on any atom is -0.478 e. The molecule has 21 heavy (non-hydrogen) atoms. The summed E-state index contributed by atoms with van der Waals surface area (Å²) in [7, 11) is 0. The van der Waals surface area contributed by atoms with Crippen molar-refractivity contribution in [2.24, 2.45) is 0 Å². The number of nitrogens with zero attached hydrogens (tertiary/aromatic N) is 2. The number of imidazole rings is 1. The molecule has 0 fully saturated rings. The van der Waals surface area contributed by atoms with Gasteiger partial charge in [0.05, 0.1) is 16.6 Å². The van der Waals surface area contributed by atoms with Crippen molar-refractivity contribution in [2.75, 3.05) is 0 Å². The maximum absolute atomic E-state index is 13.8. The first-order chi connectivity index (χ1) is 9.97. The third kappa shape index (κ3) is 2.12. The van der Waals surface area contributed by atoms with Gasteiger partial charge in [0.2, 0.25) is 0 Å². The zero-order valence-electron chi connectivity index (χ0n) is 10.3. The summed E-state index contributed by atoms with van der Waals surface area (Å²) in [6.45, 7) is 0. The molecular weight excluding hydrogens is 285 g/mol. The van der Waals surface area contributed by atoms with Gasteiger partial charge in [0.15, 0.2) is 11.6 Å². The number of benzene rings is 2. The highest BCUT2D eigenvalue weighted by Gasteiger charge is 2.17. The predicted octanol–water partition coefficient (Wildman–Crippen LogP) is 3.14. The van der Waals surface area contributed by atoms with Crippen molar-refractivity contribution >= 4 is 17.0 Å². The van der Waals surface area contributed by atoms with Crippen molar-refractivity contribution in [3.05, 3.63) is 59.7 Å². The van der Waals surface area contributed by atoms with E-state index in [-0.39, 0.29) is 11.1 Å². The number of halogens is 3. The van der Waals surface area contributed by atoms with E-state index in [0.29, 0.717) is 17.6 Å². The lowest BCUT2D eigenvalue weighted by Crippen LogP contribution is -2.02. The smallest absolute Gasteiger partial charge is 0.335 e. The number of carbonyl (C=O) groups is 1. The molecule has 3 aromatic rings. The second-order valence-electron chi connectivity index (χ2n) is 4.34. The van der Waals surface area contributed by atoms with E-state index in [2.05, 4.69) is 4.98 Å². The second-order valence-corrected chi connectivity index (χ2v) is 4.34. The highest BCUT2D eigenvalue weighted by Crippen LogP contribution is 2.24. The monoisotopic (exact) mass is 292 g/mol. The molecule has 0 bridgehead atoms. The molecule has 0 spiro atoms. The first kappa shape index (κ1) is 13.2. The molecule has 0 aliphatic carbocycles. The molecule has 7 heteroatoms. The first-order valence-corrected chi connectivity index (χ1v) is 5.82. The summed E-state index contributed by atoms with van der Waals surface area (Å²) in [5.41, 5.74) is 0.0102. The number of hydrogen-bond donors (Lipinski definition) is 1. The van der Waals surface area contributed by atoms with Crippen molar-refractivity contribution in [1.82, 2.24) is 9.55 Å². The van der Waals surface area contributed by atoms with Crippen LogP contribution >= 0.6 is 0 Å². The fourth-order valence-corrected chi connectivity index (χ4v) is 2.08. The summed E-state index contributed by atoms with van der Waals surface area (Å²) in [6, 6.07) is 5.09. The molecule has 0 amide bonds. The molecule has 0 saturated heterocycles. The molecule has 106 valence electrons. The van der Waals surface area contributed by atoms with Gasteiger partial charge in [-0.05, 0) is 18.2 Å². The molecule has 4 nitrogen and oxygen atoms in total. The highest BCUT2D eigenvalue weighted by molar-refractivity contribution is 5.92. The van der Waals surface area contributed by atoms with E-state index >= 15 is 0 Å². The molecule has 0 atom stereocenters. The Morgan fingerprint density at radius 1 is 1.10 bits per heavy atom. The fraction of sp³-hybridized carbons (Fsp3) is 0. The predicted molar refractivity (Wildman–Crippen MR) is 67.9 cm³/mol. The molecule has 0 radical (unpaired) electrons. The van der Waals surface area contributed by atoms with Crippen LogP contribution in [0.2, 0.25) is 0 Å². The Balaban J connectivity index is 2.30. The van der Waals surface area contributed by atoms with Crippen molar-refractivity contribution in [3.8, 4) is 5.69 Å². The van der Waals surface area contributed by atoms with Crippen LogP contribution in [0.1, 0.15) is 10.4 Å². The Bertz CT molecular complexity index is 851. The van der Waals surface area contributed by atoms with E-state index in [1.54, 1.807) is 0 Å². The molecule has 3 rings (SSSR count). The van der Waals surface area contributed by atoms with Crippen LogP contribution in [-0.4, -0.2) is 20.6 Å². The third-order valence-electron chi connectivity index (χ3n) is 3.02. The van der Waals surface area contributed by atoms with Gasteiger partial charge >= 0.3 is 5.97 Å². The summed E-state index contributed by atoms with van der Waals surface area (Å²) in [5.74, 6) is -4.42. The van der Waals surface area contributed by atoms with Crippen LogP contribution in [0, 0.1) is 17.5 Å². The Kier molecular flexibility index (Phi) is 2.90. The van der Waals surface area contributed by atoms with Gasteiger partial charge in [-0.25, -0.2) is 22.9 Å². The zero-order chi connectivity index (χ0) is 15.1.